The molecule has 0 atom stereocenters. The van der Waals surface area contributed by atoms with Crippen LogP contribution in [0.4, 0.5) is 0 Å². The number of rotatable bonds is 9. The van der Waals surface area contributed by atoms with Crippen LogP contribution < -0.4 is 4.74 Å². The number of sulfone groups is 1. The number of hydrogen-bond donors (Lipinski definition) is 1. The maximum absolute atomic E-state index is 12.8. The molecule has 1 heterocycles. The van der Waals surface area contributed by atoms with E-state index in [2.05, 4.69) is 4.98 Å². The van der Waals surface area contributed by atoms with Crippen molar-refractivity contribution in [2.45, 2.75) is 43.2 Å². The van der Waals surface area contributed by atoms with E-state index in [4.69, 9.17) is 4.74 Å². The van der Waals surface area contributed by atoms with Crippen LogP contribution in [0.2, 0.25) is 0 Å². The van der Waals surface area contributed by atoms with Crippen molar-refractivity contribution in [1.29, 1.82) is 0 Å². The lowest BCUT2D eigenvalue weighted by Crippen LogP contribution is -2.06. The lowest BCUT2D eigenvalue weighted by molar-refractivity contribution is 0.101. The number of carbonyl (C=O) groups excluding carboxylic acids is 2. The summed E-state index contributed by atoms with van der Waals surface area (Å²) in [6.07, 6.45) is 3.15. The lowest BCUT2D eigenvalue weighted by Gasteiger charge is -2.15. The predicted molar refractivity (Wildman–Crippen MR) is 118 cm³/mol. The van der Waals surface area contributed by atoms with Gasteiger partial charge in [0.1, 0.15) is 24.4 Å². The van der Waals surface area contributed by atoms with E-state index in [-0.39, 0.29) is 39.2 Å². The molecule has 0 aliphatic rings. The molecule has 0 fully saturated rings. The van der Waals surface area contributed by atoms with Gasteiger partial charge in [0.05, 0.1) is 10.5 Å². The molecule has 0 aliphatic carbocycles. The van der Waals surface area contributed by atoms with E-state index < -0.39 is 9.84 Å². The van der Waals surface area contributed by atoms with Crippen molar-refractivity contribution >= 4 is 21.9 Å². The summed E-state index contributed by atoms with van der Waals surface area (Å²) in [4.78, 5) is 26.5. The number of aromatic nitrogens is 1. The maximum atomic E-state index is 12.8. The molecule has 0 radical (unpaired) electrons. The summed E-state index contributed by atoms with van der Waals surface area (Å²) in [5, 5.41) is 10.2. The van der Waals surface area contributed by atoms with Crippen molar-refractivity contribution in [2.75, 3.05) is 0 Å². The van der Waals surface area contributed by atoms with Crippen LogP contribution in [-0.2, 0) is 22.9 Å². The van der Waals surface area contributed by atoms with E-state index in [1.165, 1.54) is 43.5 Å². The Balaban J connectivity index is 1.80. The van der Waals surface area contributed by atoms with E-state index >= 15 is 0 Å². The number of ketones is 1. The minimum atomic E-state index is -3.86. The highest BCUT2D eigenvalue weighted by Crippen LogP contribution is 2.33. The van der Waals surface area contributed by atoms with Crippen LogP contribution in [0.25, 0.3) is 0 Å². The number of phenols is 1. The molecule has 0 saturated heterocycles. The molecule has 3 aromatic rings. The lowest BCUT2D eigenvalue weighted by atomic mass is 10.0. The summed E-state index contributed by atoms with van der Waals surface area (Å²) in [7, 11) is -3.86. The van der Waals surface area contributed by atoms with Crippen molar-refractivity contribution in [2.24, 2.45) is 0 Å². The number of aldehydes is 1. The standard InChI is InChI=1S/C24H23NO6S/c1-3-4-21-22(10-9-20(16(2)27)24(21)28)31-15-17-5-7-19(8-6-17)32(29,30)23-13-18(14-26)11-12-25-23/h5-14,28H,3-4,15H2,1-2H3. The molecule has 0 saturated carbocycles. The molecule has 32 heavy (non-hydrogen) atoms. The second-order valence-electron chi connectivity index (χ2n) is 7.23. The zero-order valence-corrected chi connectivity index (χ0v) is 18.6. The largest absolute Gasteiger partial charge is 0.507 e. The Morgan fingerprint density at radius 1 is 1.12 bits per heavy atom. The molecule has 3 rings (SSSR count). The third-order valence-corrected chi connectivity index (χ3v) is 6.58. The Bertz CT molecular complexity index is 1250. The van der Waals surface area contributed by atoms with Crippen molar-refractivity contribution in [1.82, 2.24) is 4.98 Å². The smallest absolute Gasteiger partial charge is 0.223 e. The topological polar surface area (TPSA) is 111 Å². The molecule has 0 spiro atoms. The van der Waals surface area contributed by atoms with Gasteiger partial charge in [-0.05, 0) is 55.3 Å². The first-order valence-electron chi connectivity index (χ1n) is 10.0. The highest BCUT2D eigenvalue weighted by molar-refractivity contribution is 7.91. The number of Topliss-reactive ketones (excluding diaryl/α,β-unsaturated/α-hetero) is 1. The van der Waals surface area contributed by atoms with E-state index in [1.807, 2.05) is 6.92 Å². The normalized spacial score (nSPS) is 11.2. The summed E-state index contributed by atoms with van der Waals surface area (Å²) in [6.45, 7) is 3.50. The van der Waals surface area contributed by atoms with Crippen molar-refractivity contribution in [3.05, 3.63) is 77.0 Å². The van der Waals surface area contributed by atoms with Gasteiger partial charge in [0, 0.05) is 17.3 Å². The van der Waals surface area contributed by atoms with Gasteiger partial charge in [-0.1, -0.05) is 25.5 Å². The molecule has 2 aromatic carbocycles. The quantitative estimate of drug-likeness (QED) is 0.382. The number of nitrogens with zero attached hydrogens (tertiary/aromatic N) is 1. The fraction of sp³-hybridized carbons (Fsp3) is 0.208. The van der Waals surface area contributed by atoms with Gasteiger partial charge in [-0.15, -0.1) is 0 Å². The first kappa shape index (κ1) is 23.1. The molecule has 7 nitrogen and oxygen atoms in total. The highest BCUT2D eigenvalue weighted by atomic mass is 32.2. The van der Waals surface area contributed by atoms with Crippen molar-refractivity contribution < 1.29 is 27.9 Å². The molecule has 1 aromatic heterocycles. The van der Waals surface area contributed by atoms with Crippen LogP contribution in [0, 0.1) is 0 Å². The summed E-state index contributed by atoms with van der Waals surface area (Å²) in [5.74, 6) is 0.181. The number of benzene rings is 2. The molecular weight excluding hydrogens is 430 g/mol. The fourth-order valence-electron chi connectivity index (χ4n) is 3.22. The fourth-order valence-corrected chi connectivity index (χ4v) is 4.45. The molecule has 8 heteroatoms. The zero-order valence-electron chi connectivity index (χ0n) is 17.7. The van der Waals surface area contributed by atoms with Crippen LogP contribution in [-0.4, -0.2) is 30.6 Å². The predicted octanol–water partition coefficient (Wildman–Crippen LogP) is 4.17. The van der Waals surface area contributed by atoms with Crippen LogP contribution in [0.3, 0.4) is 0 Å². The SMILES string of the molecule is CCCc1c(OCc2ccc(S(=O)(=O)c3cc(C=O)ccn3)cc2)ccc(C(C)=O)c1O. The van der Waals surface area contributed by atoms with Crippen molar-refractivity contribution in [3.63, 3.8) is 0 Å². The molecular formula is C24H23NO6S. The average molecular weight is 454 g/mol. The van der Waals surface area contributed by atoms with Crippen molar-refractivity contribution in [3.8, 4) is 11.5 Å². The molecule has 0 unspecified atom stereocenters. The second kappa shape index (κ2) is 9.74. The highest BCUT2D eigenvalue weighted by Gasteiger charge is 2.20. The first-order chi connectivity index (χ1) is 15.3. The molecule has 0 bridgehead atoms. The maximum Gasteiger partial charge on any atom is 0.223 e. The van der Waals surface area contributed by atoms with Gasteiger partial charge in [0.2, 0.25) is 9.84 Å². The number of aromatic hydroxyl groups is 1. The number of hydrogen-bond acceptors (Lipinski definition) is 7. The Morgan fingerprint density at radius 3 is 2.47 bits per heavy atom. The molecule has 1 N–H and O–H groups in total. The minimum absolute atomic E-state index is 0.0481. The molecule has 166 valence electrons. The Hall–Kier alpha value is -3.52. The monoisotopic (exact) mass is 453 g/mol. The van der Waals surface area contributed by atoms with Gasteiger partial charge in [-0.2, -0.15) is 0 Å². The van der Waals surface area contributed by atoms with Crippen LogP contribution >= 0.6 is 0 Å². The summed E-state index contributed by atoms with van der Waals surface area (Å²) < 4.78 is 31.4. The van der Waals surface area contributed by atoms with Gasteiger partial charge in [-0.3, -0.25) is 9.59 Å². The number of phenolic OH excluding ortho intramolecular Hbond substituents is 1. The van der Waals surface area contributed by atoms with Gasteiger partial charge in [-0.25, -0.2) is 13.4 Å². The molecule has 0 aliphatic heterocycles. The number of pyridine rings is 1. The third kappa shape index (κ3) is 4.86. The zero-order chi connectivity index (χ0) is 23.3. The second-order valence-corrected chi connectivity index (χ2v) is 9.12. The summed E-state index contributed by atoms with van der Waals surface area (Å²) in [6, 6.07) is 12.0. The average Bonchev–Trinajstić information content (AvgIpc) is 2.79. The van der Waals surface area contributed by atoms with Crippen LogP contribution in [0.15, 0.2) is 64.6 Å². The summed E-state index contributed by atoms with van der Waals surface area (Å²) >= 11 is 0. The van der Waals surface area contributed by atoms with Gasteiger partial charge in [0.25, 0.3) is 0 Å². The van der Waals surface area contributed by atoms with Gasteiger partial charge in [0.15, 0.2) is 10.8 Å². The Morgan fingerprint density at radius 2 is 1.84 bits per heavy atom. The minimum Gasteiger partial charge on any atom is -0.507 e. The van der Waals surface area contributed by atoms with Crippen LogP contribution in [0.5, 0.6) is 11.5 Å². The first-order valence-corrected chi connectivity index (χ1v) is 11.5. The Kier molecular flexibility index (Phi) is 7.05. The van der Waals surface area contributed by atoms with Gasteiger partial charge < -0.3 is 9.84 Å². The summed E-state index contributed by atoms with van der Waals surface area (Å²) in [5.41, 5.74) is 1.77. The van der Waals surface area contributed by atoms with Crippen LogP contribution in [0.1, 0.15) is 52.1 Å². The van der Waals surface area contributed by atoms with E-state index in [0.717, 1.165) is 12.0 Å². The third-order valence-electron chi connectivity index (χ3n) is 4.92. The number of ether oxygens (including phenoxy) is 1. The van der Waals surface area contributed by atoms with E-state index in [9.17, 15) is 23.1 Å². The van der Waals surface area contributed by atoms with E-state index in [0.29, 0.717) is 24.0 Å². The van der Waals surface area contributed by atoms with Gasteiger partial charge >= 0.3 is 0 Å². The molecule has 0 amide bonds. The number of carbonyl (C=O) groups is 2. The van der Waals surface area contributed by atoms with E-state index in [1.54, 1.807) is 18.2 Å². The Labute approximate surface area is 186 Å².